The van der Waals surface area contributed by atoms with Gasteiger partial charge in [-0.25, -0.2) is 4.90 Å². The molecule has 0 radical (unpaired) electrons. The molecule has 2 amide bonds. The summed E-state index contributed by atoms with van der Waals surface area (Å²) in [6, 6.07) is 5.35. The van der Waals surface area contributed by atoms with Crippen molar-refractivity contribution in [1.82, 2.24) is 0 Å². The maximum atomic E-state index is 11.8. The molecule has 0 bridgehead atoms. The van der Waals surface area contributed by atoms with E-state index >= 15 is 0 Å². The molecular weight excluding hydrogens is 338 g/mol. The van der Waals surface area contributed by atoms with Crippen LogP contribution in [-0.4, -0.2) is 11.8 Å². The Labute approximate surface area is 109 Å². The highest BCUT2D eigenvalue weighted by molar-refractivity contribution is 9.11. The van der Waals surface area contributed by atoms with E-state index in [9.17, 15) is 9.59 Å². The van der Waals surface area contributed by atoms with Crippen LogP contribution >= 0.6 is 31.9 Å². The van der Waals surface area contributed by atoms with Gasteiger partial charge in [-0.2, -0.15) is 0 Å². The van der Waals surface area contributed by atoms with Crippen molar-refractivity contribution in [3.8, 4) is 0 Å². The lowest BCUT2D eigenvalue weighted by Crippen LogP contribution is -2.30. The van der Waals surface area contributed by atoms with E-state index in [2.05, 4.69) is 31.9 Å². The number of amides is 2. The summed E-state index contributed by atoms with van der Waals surface area (Å²) in [5.74, 6) is -0.579. The van der Waals surface area contributed by atoms with E-state index in [4.69, 9.17) is 0 Å². The average Bonchev–Trinajstić information content (AvgIpc) is 2.46. The SMILES string of the molecule is CC1=CC(=O)N(c2cc(Br)ccc2Br)C1=O. The second-order valence-corrected chi connectivity index (χ2v) is 5.17. The largest absolute Gasteiger partial charge is 0.269 e. The van der Waals surface area contributed by atoms with Gasteiger partial charge in [0.1, 0.15) is 0 Å². The molecule has 1 aliphatic heterocycles. The van der Waals surface area contributed by atoms with E-state index < -0.39 is 0 Å². The molecule has 0 aromatic heterocycles. The highest BCUT2D eigenvalue weighted by Crippen LogP contribution is 2.32. The predicted octanol–water partition coefficient (Wildman–Crippen LogP) is 3.03. The highest BCUT2D eigenvalue weighted by atomic mass is 79.9. The summed E-state index contributed by atoms with van der Waals surface area (Å²) >= 11 is 6.64. The molecular formula is C11H7Br2NO2. The molecule has 1 aliphatic rings. The fourth-order valence-corrected chi connectivity index (χ4v) is 2.25. The summed E-state index contributed by atoms with van der Waals surface area (Å²) in [4.78, 5) is 24.6. The number of hydrogen-bond acceptors (Lipinski definition) is 2. The van der Waals surface area contributed by atoms with Crippen LogP contribution in [0.25, 0.3) is 0 Å². The number of carbonyl (C=O) groups excluding carboxylic acids is 2. The number of halogens is 2. The van der Waals surface area contributed by atoms with E-state index in [0.29, 0.717) is 15.7 Å². The summed E-state index contributed by atoms with van der Waals surface area (Å²) in [5.41, 5.74) is 1.01. The highest BCUT2D eigenvalue weighted by Gasteiger charge is 2.31. The maximum absolute atomic E-state index is 11.8. The van der Waals surface area contributed by atoms with Crippen molar-refractivity contribution in [2.45, 2.75) is 6.92 Å². The lowest BCUT2D eigenvalue weighted by atomic mass is 10.3. The molecule has 3 nitrogen and oxygen atoms in total. The van der Waals surface area contributed by atoms with E-state index in [-0.39, 0.29) is 11.8 Å². The minimum Gasteiger partial charge on any atom is -0.269 e. The molecule has 16 heavy (non-hydrogen) atoms. The standard InChI is InChI=1S/C11H7Br2NO2/c1-6-4-10(15)14(11(6)16)9-5-7(12)2-3-8(9)13/h2-5H,1H3. The Bertz CT molecular complexity index is 523. The van der Waals surface area contributed by atoms with E-state index in [1.807, 2.05) is 6.07 Å². The first-order chi connectivity index (χ1) is 7.50. The van der Waals surface area contributed by atoms with Gasteiger partial charge in [0.05, 0.1) is 5.69 Å². The first kappa shape index (κ1) is 11.5. The quantitative estimate of drug-likeness (QED) is 0.734. The van der Waals surface area contributed by atoms with Crippen LogP contribution in [0, 0.1) is 0 Å². The lowest BCUT2D eigenvalue weighted by molar-refractivity contribution is -0.120. The van der Waals surface area contributed by atoms with Crippen molar-refractivity contribution in [1.29, 1.82) is 0 Å². The molecule has 0 N–H and O–H groups in total. The van der Waals surface area contributed by atoms with Gasteiger partial charge in [0.15, 0.2) is 0 Å². The number of nitrogens with zero attached hydrogens (tertiary/aromatic N) is 1. The Morgan fingerprint density at radius 1 is 1.19 bits per heavy atom. The van der Waals surface area contributed by atoms with E-state index in [1.54, 1.807) is 19.1 Å². The normalized spacial score (nSPS) is 15.7. The van der Waals surface area contributed by atoms with Gasteiger partial charge >= 0.3 is 0 Å². The van der Waals surface area contributed by atoms with Gasteiger partial charge in [-0.05, 0) is 41.1 Å². The Hall–Kier alpha value is -0.940. The Morgan fingerprint density at radius 2 is 1.88 bits per heavy atom. The number of rotatable bonds is 1. The van der Waals surface area contributed by atoms with Gasteiger partial charge in [-0.15, -0.1) is 0 Å². The van der Waals surface area contributed by atoms with Gasteiger partial charge in [0, 0.05) is 20.6 Å². The third-order valence-electron chi connectivity index (χ3n) is 2.25. The first-order valence-corrected chi connectivity index (χ1v) is 6.11. The summed E-state index contributed by atoms with van der Waals surface area (Å²) in [6.07, 6.45) is 1.34. The zero-order chi connectivity index (χ0) is 11.9. The van der Waals surface area contributed by atoms with Crippen LogP contribution in [0.15, 0.2) is 38.8 Å². The monoisotopic (exact) mass is 343 g/mol. The molecule has 2 rings (SSSR count). The second kappa shape index (κ2) is 4.14. The summed E-state index contributed by atoms with van der Waals surface area (Å²) < 4.78 is 1.52. The number of carbonyl (C=O) groups is 2. The molecule has 82 valence electrons. The molecule has 0 aliphatic carbocycles. The van der Waals surface area contributed by atoms with Crippen LogP contribution in [0.4, 0.5) is 5.69 Å². The van der Waals surface area contributed by atoms with Crippen molar-refractivity contribution in [3.63, 3.8) is 0 Å². The zero-order valence-electron chi connectivity index (χ0n) is 8.33. The van der Waals surface area contributed by atoms with Crippen molar-refractivity contribution >= 4 is 49.4 Å². The van der Waals surface area contributed by atoms with Crippen LogP contribution in [0.5, 0.6) is 0 Å². The predicted molar refractivity (Wildman–Crippen MR) is 68.1 cm³/mol. The first-order valence-electron chi connectivity index (χ1n) is 4.52. The Morgan fingerprint density at radius 3 is 2.44 bits per heavy atom. The van der Waals surface area contributed by atoms with Gasteiger partial charge in [0.2, 0.25) is 0 Å². The summed E-state index contributed by atoms with van der Waals surface area (Å²) in [5, 5.41) is 0. The Balaban J connectivity index is 2.50. The molecule has 0 spiro atoms. The van der Waals surface area contributed by atoms with Crippen LogP contribution in [0.2, 0.25) is 0 Å². The molecule has 1 aromatic rings. The van der Waals surface area contributed by atoms with E-state index in [1.165, 1.54) is 6.08 Å². The smallest absolute Gasteiger partial charge is 0.261 e. The van der Waals surface area contributed by atoms with Crippen molar-refractivity contribution in [2.75, 3.05) is 4.90 Å². The fraction of sp³-hybridized carbons (Fsp3) is 0.0909. The minimum absolute atomic E-state index is 0.274. The molecule has 0 atom stereocenters. The van der Waals surface area contributed by atoms with Crippen molar-refractivity contribution in [3.05, 3.63) is 38.8 Å². The van der Waals surface area contributed by atoms with Gasteiger partial charge in [-0.1, -0.05) is 15.9 Å². The molecule has 0 fully saturated rings. The number of imide groups is 1. The lowest BCUT2D eigenvalue weighted by Gasteiger charge is -2.16. The van der Waals surface area contributed by atoms with Crippen LogP contribution in [-0.2, 0) is 9.59 Å². The molecule has 1 heterocycles. The van der Waals surface area contributed by atoms with Crippen LogP contribution in [0.1, 0.15) is 6.92 Å². The Kier molecular flexibility index (Phi) is 2.99. The molecule has 5 heteroatoms. The van der Waals surface area contributed by atoms with Crippen LogP contribution in [0.3, 0.4) is 0 Å². The van der Waals surface area contributed by atoms with Gasteiger partial charge in [-0.3, -0.25) is 9.59 Å². The third kappa shape index (κ3) is 1.85. The topological polar surface area (TPSA) is 37.4 Å². The van der Waals surface area contributed by atoms with Crippen molar-refractivity contribution in [2.24, 2.45) is 0 Å². The fourth-order valence-electron chi connectivity index (χ4n) is 1.47. The average molecular weight is 345 g/mol. The molecule has 0 saturated heterocycles. The van der Waals surface area contributed by atoms with Gasteiger partial charge in [0.25, 0.3) is 11.8 Å². The molecule has 0 saturated carbocycles. The number of hydrogen-bond donors (Lipinski definition) is 0. The maximum Gasteiger partial charge on any atom is 0.261 e. The van der Waals surface area contributed by atoms with Crippen LogP contribution < -0.4 is 4.90 Å². The minimum atomic E-state index is -0.304. The zero-order valence-corrected chi connectivity index (χ0v) is 11.5. The molecule has 0 unspecified atom stereocenters. The third-order valence-corrected chi connectivity index (χ3v) is 3.41. The van der Waals surface area contributed by atoms with Crippen molar-refractivity contribution < 1.29 is 9.59 Å². The molecule has 1 aromatic carbocycles. The van der Waals surface area contributed by atoms with Gasteiger partial charge < -0.3 is 0 Å². The van der Waals surface area contributed by atoms with E-state index in [0.717, 1.165) is 9.37 Å². The number of anilines is 1. The summed E-state index contributed by atoms with van der Waals surface area (Å²) in [7, 11) is 0. The second-order valence-electron chi connectivity index (χ2n) is 3.40. The summed E-state index contributed by atoms with van der Waals surface area (Å²) in [6.45, 7) is 1.63. The number of benzene rings is 1.